The van der Waals surface area contributed by atoms with Crippen LogP contribution in [0.3, 0.4) is 0 Å². The Balaban J connectivity index is 1.43. The highest BCUT2D eigenvalue weighted by molar-refractivity contribution is 8.00. The van der Waals surface area contributed by atoms with Gasteiger partial charge in [-0.3, -0.25) is 14.9 Å². The number of carbonyl (C=O) groups is 2. The van der Waals surface area contributed by atoms with E-state index >= 15 is 0 Å². The molecule has 1 aromatic carbocycles. The van der Waals surface area contributed by atoms with Crippen molar-refractivity contribution in [3.8, 4) is 11.3 Å². The number of nitrogens with zero attached hydrogens (tertiary/aromatic N) is 2. The van der Waals surface area contributed by atoms with E-state index in [-0.39, 0.29) is 29.2 Å². The van der Waals surface area contributed by atoms with E-state index in [4.69, 9.17) is 9.05 Å². The number of thioether (sulfide) groups is 1. The van der Waals surface area contributed by atoms with Crippen LogP contribution in [-0.2, 0) is 16.0 Å². The van der Waals surface area contributed by atoms with Crippen molar-refractivity contribution >= 4 is 35.3 Å². The van der Waals surface area contributed by atoms with Gasteiger partial charge in [-0.25, -0.2) is 0 Å². The first-order valence-corrected chi connectivity index (χ1v) is 9.85. The second-order valence-electron chi connectivity index (χ2n) is 6.04. The molecule has 0 aliphatic heterocycles. The minimum absolute atomic E-state index is 0.104. The van der Waals surface area contributed by atoms with Gasteiger partial charge in [0.05, 0.1) is 11.5 Å². The maximum absolute atomic E-state index is 12.0. The zero-order valence-electron chi connectivity index (χ0n) is 15.5. The SMILES string of the molecule is CCc1ccc(-c2cc(NC(=O)CSCC(=O)Nc3cc(C)on3)on2)cc1. The van der Waals surface area contributed by atoms with Crippen molar-refractivity contribution in [1.29, 1.82) is 0 Å². The van der Waals surface area contributed by atoms with Gasteiger partial charge in [-0.05, 0) is 18.9 Å². The number of aryl methyl sites for hydroxylation is 2. The van der Waals surface area contributed by atoms with Crippen molar-refractivity contribution in [3.05, 3.63) is 47.7 Å². The topological polar surface area (TPSA) is 110 Å². The summed E-state index contributed by atoms with van der Waals surface area (Å²) in [6.45, 7) is 3.83. The molecule has 0 unspecified atom stereocenters. The van der Waals surface area contributed by atoms with Crippen LogP contribution in [-0.4, -0.2) is 33.6 Å². The number of carbonyl (C=O) groups excluding carboxylic acids is 2. The van der Waals surface area contributed by atoms with Crippen LogP contribution < -0.4 is 10.6 Å². The van der Waals surface area contributed by atoms with Crippen LogP contribution in [0.25, 0.3) is 11.3 Å². The fraction of sp³-hybridized carbons (Fsp3) is 0.263. The van der Waals surface area contributed by atoms with Crippen LogP contribution in [0.1, 0.15) is 18.2 Å². The summed E-state index contributed by atoms with van der Waals surface area (Å²) in [5.74, 6) is 0.909. The molecule has 28 heavy (non-hydrogen) atoms. The quantitative estimate of drug-likeness (QED) is 0.595. The van der Waals surface area contributed by atoms with Crippen molar-refractivity contribution in [1.82, 2.24) is 10.3 Å². The second-order valence-corrected chi connectivity index (χ2v) is 7.02. The van der Waals surface area contributed by atoms with E-state index in [0.29, 0.717) is 17.3 Å². The normalized spacial score (nSPS) is 10.6. The molecule has 8 nitrogen and oxygen atoms in total. The number of rotatable bonds is 8. The fourth-order valence-electron chi connectivity index (χ4n) is 2.40. The molecule has 0 fully saturated rings. The predicted molar refractivity (Wildman–Crippen MR) is 107 cm³/mol. The Morgan fingerprint density at radius 3 is 2.36 bits per heavy atom. The number of hydrogen-bond donors (Lipinski definition) is 2. The van der Waals surface area contributed by atoms with Crippen LogP contribution in [0.2, 0.25) is 0 Å². The summed E-state index contributed by atoms with van der Waals surface area (Å²) in [6, 6.07) is 11.3. The van der Waals surface area contributed by atoms with Gasteiger partial charge in [-0.15, -0.1) is 11.8 Å². The highest BCUT2D eigenvalue weighted by atomic mass is 32.2. The molecule has 3 aromatic rings. The van der Waals surface area contributed by atoms with Gasteiger partial charge in [0.15, 0.2) is 5.82 Å². The molecular weight excluding hydrogens is 380 g/mol. The van der Waals surface area contributed by atoms with Crippen LogP contribution >= 0.6 is 11.8 Å². The molecule has 2 aromatic heterocycles. The van der Waals surface area contributed by atoms with E-state index in [1.54, 1.807) is 19.1 Å². The fourth-order valence-corrected chi connectivity index (χ4v) is 3.01. The number of aromatic nitrogens is 2. The summed E-state index contributed by atoms with van der Waals surface area (Å²) in [4.78, 5) is 23.8. The standard InChI is InChI=1S/C19H20N4O4S/c1-3-13-4-6-14(7-5-13)15-9-19(27-22-15)21-18(25)11-28-10-17(24)20-16-8-12(2)26-23-16/h4-9H,3,10-11H2,1-2H3,(H,21,25)(H,20,23,24). The van der Waals surface area contributed by atoms with Crippen molar-refractivity contribution in [3.63, 3.8) is 0 Å². The molecule has 0 saturated carbocycles. The number of benzene rings is 1. The summed E-state index contributed by atoms with van der Waals surface area (Å²) >= 11 is 1.18. The van der Waals surface area contributed by atoms with Gasteiger partial charge in [-0.1, -0.05) is 41.5 Å². The Bertz CT molecular complexity index is 949. The Hall–Kier alpha value is -3.07. The molecule has 0 bridgehead atoms. The third-order valence-electron chi connectivity index (χ3n) is 3.79. The van der Waals surface area contributed by atoms with E-state index < -0.39 is 0 Å². The third kappa shape index (κ3) is 5.46. The average molecular weight is 400 g/mol. The summed E-state index contributed by atoms with van der Waals surface area (Å²) in [7, 11) is 0. The Morgan fingerprint density at radius 1 is 1.00 bits per heavy atom. The number of nitrogens with one attached hydrogen (secondary N) is 2. The molecule has 0 spiro atoms. The van der Waals surface area contributed by atoms with Gasteiger partial charge in [-0.2, -0.15) is 0 Å². The van der Waals surface area contributed by atoms with Gasteiger partial charge >= 0.3 is 0 Å². The lowest BCUT2D eigenvalue weighted by atomic mass is 10.1. The van der Waals surface area contributed by atoms with Gasteiger partial charge in [0.2, 0.25) is 17.7 Å². The largest absolute Gasteiger partial charge is 0.360 e. The molecule has 3 rings (SSSR count). The average Bonchev–Trinajstić information content (AvgIpc) is 3.30. The summed E-state index contributed by atoms with van der Waals surface area (Å²) in [6.07, 6.45) is 0.967. The van der Waals surface area contributed by atoms with Crippen LogP contribution in [0.4, 0.5) is 11.7 Å². The van der Waals surface area contributed by atoms with Gasteiger partial charge in [0.25, 0.3) is 0 Å². The maximum Gasteiger partial charge on any atom is 0.236 e. The van der Waals surface area contributed by atoms with E-state index in [9.17, 15) is 9.59 Å². The number of hydrogen-bond acceptors (Lipinski definition) is 7. The minimum atomic E-state index is -0.279. The van der Waals surface area contributed by atoms with Crippen molar-refractivity contribution in [2.75, 3.05) is 22.1 Å². The minimum Gasteiger partial charge on any atom is -0.360 e. The first-order chi connectivity index (χ1) is 13.5. The molecule has 0 aliphatic rings. The monoisotopic (exact) mass is 400 g/mol. The molecule has 2 amide bonds. The van der Waals surface area contributed by atoms with Crippen LogP contribution in [0.15, 0.2) is 45.4 Å². The van der Waals surface area contributed by atoms with Crippen molar-refractivity contribution in [2.24, 2.45) is 0 Å². The van der Waals surface area contributed by atoms with Crippen molar-refractivity contribution < 1.29 is 18.6 Å². The lowest BCUT2D eigenvalue weighted by Gasteiger charge is -2.02. The van der Waals surface area contributed by atoms with E-state index in [1.807, 2.05) is 24.3 Å². The summed E-state index contributed by atoms with van der Waals surface area (Å²) < 4.78 is 10.0. The lowest BCUT2D eigenvalue weighted by Crippen LogP contribution is -2.18. The van der Waals surface area contributed by atoms with E-state index in [1.165, 1.54) is 17.3 Å². The zero-order chi connectivity index (χ0) is 19.9. The van der Waals surface area contributed by atoms with Crippen molar-refractivity contribution in [2.45, 2.75) is 20.3 Å². The number of anilines is 2. The summed E-state index contributed by atoms with van der Waals surface area (Å²) in [5.41, 5.74) is 2.80. The predicted octanol–water partition coefficient (Wildman–Crippen LogP) is 3.51. The number of amides is 2. The third-order valence-corrected chi connectivity index (χ3v) is 4.73. The maximum atomic E-state index is 12.0. The molecule has 2 N–H and O–H groups in total. The van der Waals surface area contributed by atoms with Crippen LogP contribution in [0, 0.1) is 6.92 Å². The second kappa shape index (κ2) is 9.23. The smallest absolute Gasteiger partial charge is 0.236 e. The first-order valence-electron chi connectivity index (χ1n) is 8.70. The van der Waals surface area contributed by atoms with Gasteiger partial charge < -0.3 is 14.4 Å². The molecule has 9 heteroatoms. The highest BCUT2D eigenvalue weighted by Crippen LogP contribution is 2.22. The lowest BCUT2D eigenvalue weighted by molar-refractivity contribution is -0.114. The van der Waals surface area contributed by atoms with Gasteiger partial charge in [0, 0.05) is 17.7 Å². The molecule has 0 aliphatic carbocycles. The van der Waals surface area contributed by atoms with E-state index in [0.717, 1.165) is 12.0 Å². The van der Waals surface area contributed by atoms with E-state index in [2.05, 4.69) is 27.9 Å². The molecule has 0 atom stereocenters. The molecule has 146 valence electrons. The Kier molecular flexibility index (Phi) is 6.49. The zero-order valence-corrected chi connectivity index (χ0v) is 16.3. The molecule has 0 saturated heterocycles. The highest BCUT2D eigenvalue weighted by Gasteiger charge is 2.12. The van der Waals surface area contributed by atoms with Gasteiger partial charge in [0.1, 0.15) is 11.5 Å². The Morgan fingerprint density at radius 2 is 1.71 bits per heavy atom. The molecule has 2 heterocycles. The van der Waals surface area contributed by atoms with Crippen LogP contribution in [0.5, 0.6) is 0 Å². The first kappa shape index (κ1) is 19.7. The summed E-state index contributed by atoms with van der Waals surface area (Å²) in [5, 5.41) is 12.9. The molecular formula is C19H20N4O4S. The molecule has 0 radical (unpaired) electrons. The Labute approximate surface area is 166 Å².